The first-order valence-corrected chi connectivity index (χ1v) is 8.30. The number of Topliss-reactive ketones (excluding diaryl/α,β-unsaturated/α-hetero) is 1. The lowest BCUT2D eigenvalue weighted by Crippen LogP contribution is -2.32. The van der Waals surface area contributed by atoms with Gasteiger partial charge in [-0.15, -0.1) is 0 Å². The van der Waals surface area contributed by atoms with Gasteiger partial charge in [-0.05, 0) is 41.7 Å². The maximum atomic E-state index is 12.9. The lowest BCUT2D eigenvalue weighted by atomic mass is 9.70. The van der Waals surface area contributed by atoms with Crippen molar-refractivity contribution in [3.63, 3.8) is 0 Å². The maximum Gasteiger partial charge on any atom is 0.310 e. The van der Waals surface area contributed by atoms with Crippen LogP contribution < -0.4 is 0 Å². The van der Waals surface area contributed by atoms with Crippen LogP contribution in [0.1, 0.15) is 39.2 Å². The fourth-order valence-electron chi connectivity index (χ4n) is 4.42. The summed E-state index contributed by atoms with van der Waals surface area (Å²) in [5.41, 5.74) is 1.33. The van der Waals surface area contributed by atoms with E-state index in [4.69, 9.17) is 0 Å². The summed E-state index contributed by atoms with van der Waals surface area (Å²) in [7, 11) is 0. The number of hydrogen-bond acceptors (Lipinski definition) is 2. The number of allylic oxidation sites excluding steroid dienone is 1. The van der Waals surface area contributed by atoms with Crippen molar-refractivity contribution in [1.29, 1.82) is 0 Å². The fraction of sp³-hybridized carbons (Fsp3) is 0.500. The first-order valence-electron chi connectivity index (χ1n) is 8.30. The Morgan fingerprint density at radius 3 is 2.48 bits per heavy atom. The number of aliphatic carboxylic acids is 1. The highest BCUT2D eigenvalue weighted by Gasteiger charge is 2.63. The summed E-state index contributed by atoms with van der Waals surface area (Å²) in [4.78, 5) is 24.5. The van der Waals surface area contributed by atoms with E-state index in [2.05, 4.69) is 13.8 Å². The number of carbonyl (C=O) groups excluding carboxylic acids is 1. The lowest BCUT2D eigenvalue weighted by molar-refractivity contribution is -0.140. The highest BCUT2D eigenvalue weighted by atomic mass is 16.4. The molecule has 0 aromatic heterocycles. The highest BCUT2D eigenvalue weighted by molar-refractivity contribution is 6.05. The minimum Gasteiger partial charge on any atom is -0.481 e. The topological polar surface area (TPSA) is 54.4 Å². The molecule has 2 aliphatic carbocycles. The van der Waals surface area contributed by atoms with Crippen LogP contribution in [0.25, 0.3) is 0 Å². The first-order chi connectivity index (χ1) is 10.8. The quantitative estimate of drug-likeness (QED) is 0.858. The van der Waals surface area contributed by atoms with E-state index in [0.29, 0.717) is 6.42 Å². The van der Waals surface area contributed by atoms with Gasteiger partial charge in [-0.3, -0.25) is 9.59 Å². The number of carboxylic acid groups (broad SMARTS) is 1. The molecule has 1 aromatic carbocycles. The summed E-state index contributed by atoms with van der Waals surface area (Å²) >= 11 is 0. The Bertz CT molecular complexity index is 671. The Hall–Kier alpha value is -1.90. The predicted molar refractivity (Wildman–Crippen MR) is 89.0 cm³/mol. The van der Waals surface area contributed by atoms with Gasteiger partial charge < -0.3 is 5.11 Å². The van der Waals surface area contributed by atoms with E-state index in [1.54, 1.807) is 6.08 Å². The van der Waals surface area contributed by atoms with Crippen LogP contribution in [0.2, 0.25) is 0 Å². The molecular weight excluding hydrogens is 288 g/mol. The zero-order valence-corrected chi connectivity index (χ0v) is 14.0. The highest BCUT2D eigenvalue weighted by Crippen LogP contribution is 2.65. The van der Waals surface area contributed by atoms with Gasteiger partial charge >= 0.3 is 5.97 Å². The average Bonchev–Trinajstić information content (AvgIpc) is 2.81. The van der Waals surface area contributed by atoms with Gasteiger partial charge in [0.05, 0.1) is 5.92 Å². The fourth-order valence-corrected chi connectivity index (χ4v) is 4.42. The second-order valence-electron chi connectivity index (χ2n) is 7.73. The van der Waals surface area contributed by atoms with Gasteiger partial charge in [0, 0.05) is 5.41 Å². The summed E-state index contributed by atoms with van der Waals surface area (Å²) in [5.74, 6) is -1.15. The van der Waals surface area contributed by atoms with E-state index < -0.39 is 11.9 Å². The van der Waals surface area contributed by atoms with Crippen LogP contribution in [0.15, 0.2) is 42.0 Å². The number of carbonyl (C=O) groups is 2. The van der Waals surface area contributed by atoms with E-state index in [1.165, 1.54) is 0 Å². The van der Waals surface area contributed by atoms with Crippen LogP contribution >= 0.6 is 0 Å². The lowest BCUT2D eigenvalue weighted by Gasteiger charge is -2.31. The molecule has 0 radical (unpaired) electrons. The third kappa shape index (κ3) is 2.34. The Balaban J connectivity index is 1.93. The van der Waals surface area contributed by atoms with Crippen LogP contribution in [-0.4, -0.2) is 16.9 Å². The van der Waals surface area contributed by atoms with E-state index in [1.807, 2.05) is 37.3 Å². The Labute approximate surface area is 137 Å². The van der Waals surface area contributed by atoms with Crippen LogP contribution in [0.5, 0.6) is 0 Å². The van der Waals surface area contributed by atoms with E-state index in [9.17, 15) is 14.7 Å². The van der Waals surface area contributed by atoms with Crippen molar-refractivity contribution in [3.8, 4) is 0 Å². The van der Waals surface area contributed by atoms with Gasteiger partial charge in [-0.2, -0.15) is 0 Å². The van der Waals surface area contributed by atoms with Crippen molar-refractivity contribution in [3.05, 3.63) is 47.5 Å². The minimum atomic E-state index is -0.861. The van der Waals surface area contributed by atoms with Crippen molar-refractivity contribution < 1.29 is 14.7 Å². The molecule has 2 bridgehead atoms. The molecule has 0 saturated heterocycles. The second kappa shape index (κ2) is 5.33. The summed E-state index contributed by atoms with van der Waals surface area (Å²) in [5, 5.41) is 9.59. The minimum absolute atomic E-state index is 0.0777. The molecule has 3 heteroatoms. The molecule has 3 rings (SSSR count). The zero-order chi connectivity index (χ0) is 16.8. The molecule has 23 heavy (non-hydrogen) atoms. The number of benzene rings is 1. The number of ketones is 1. The SMILES string of the molecule is CC1(C)[C@@H]2CC[C@]1(C)C(=O)/C2=C\[C@@H](Cc1ccccc1)C(=O)O. The van der Waals surface area contributed by atoms with Crippen molar-refractivity contribution in [2.75, 3.05) is 0 Å². The predicted octanol–water partition coefficient (Wildman–Crippen LogP) is 3.88. The van der Waals surface area contributed by atoms with Gasteiger partial charge in [0.25, 0.3) is 0 Å². The van der Waals surface area contributed by atoms with Crippen LogP contribution in [0.3, 0.4) is 0 Å². The second-order valence-corrected chi connectivity index (χ2v) is 7.73. The third-order valence-corrected chi connectivity index (χ3v) is 6.36. The smallest absolute Gasteiger partial charge is 0.310 e. The van der Waals surface area contributed by atoms with Gasteiger partial charge in [0.15, 0.2) is 5.78 Å². The zero-order valence-electron chi connectivity index (χ0n) is 14.0. The summed E-state index contributed by atoms with van der Waals surface area (Å²) in [6.45, 7) is 6.34. The van der Waals surface area contributed by atoms with Gasteiger partial charge in [0.1, 0.15) is 0 Å². The molecule has 0 aliphatic heterocycles. The van der Waals surface area contributed by atoms with Crippen LogP contribution in [0.4, 0.5) is 0 Å². The summed E-state index contributed by atoms with van der Waals surface area (Å²) < 4.78 is 0. The Morgan fingerprint density at radius 1 is 1.30 bits per heavy atom. The molecule has 2 saturated carbocycles. The molecule has 122 valence electrons. The molecule has 2 aliphatic rings. The number of hydrogen-bond donors (Lipinski definition) is 1. The number of rotatable bonds is 4. The normalized spacial score (nSPS) is 31.5. The van der Waals surface area contributed by atoms with Crippen molar-refractivity contribution in [2.24, 2.45) is 22.7 Å². The molecule has 3 atom stereocenters. The van der Waals surface area contributed by atoms with Gasteiger partial charge in [-0.25, -0.2) is 0 Å². The molecule has 0 spiro atoms. The van der Waals surface area contributed by atoms with Crippen molar-refractivity contribution in [1.82, 2.24) is 0 Å². The molecular formula is C20H24O3. The monoisotopic (exact) mass is 312 g/mol. The van der Waals surface area contributed by atoms with E-state index in [0.717, 1.165) is 24.0 Å². The van der Waals surface area contributed by atoms with E-state index >= 15 is 0 Å². The first kappa shape index (κ1) is 16.0. The van der Waals surface area contributed by atoms with Crippen LogP contribution in [0, 0.1) is 22.7 Å². The molecule has 0 unspecified atom stereocenters. The van der Waals surface area contributed by atoms with Crippen molar-refractivity contribution >= 4 is 11.8 Å². The van der Waals surface area contributed by atoms with Gasteiger partial charge in [-0.1, -0.05) is 57.2 Å². The van der Waals surface area contributed by atoms with E-state index in [-0.39, 0.29) is 22.5 Å². The Kier molecular flexibility index (Phi) is 3.70. The summed E-state index contributed by atoms with van der Waals surface area (Å²) in [6.07, 6.45) is 4.07. The molecule has 0 amide bonds. The Morgan fingerprint density at radius 2 is 1.96 bits per heavy atom. The standard InChI is InChI=1S/C20H24O3/c1-19(2)16-9-10-20(19,3)17(21)15(16)12-14(18(22)23)11-13-7-5-4-6-8-13/h4-8,12,14,16H,9-11H2,1-3H3,(H,22,23)/b15-12-/t14-,16-,20-/m1/s1. The molecule has 2 fully saturated rings. The molecule has 1 aromatic rings. The third-order valence-electron chi connectivity index (χ3n) is 6.36. The largest absolute Gasteiger partial charge is 0.481 e. The van der Waals surface area contributed by atoms with Crippen molar-refractivity contribution in [2.45, 2.75) is 40.0 Å². The summed E-state index contributed by atoms with van der Waals surface area (Å²) in [6, 6.07) is 9.60. The molecule has 3 nitrogen and oxygen atoms in total. The average molecular weight is 312 g/mol. The number of carboxylic acids is 1. The van der Waals surface area contributed by atoms with Crippen LogP contribution in [-0.2, 0) is 16.0 Å². The molecule has 0 heterocycles. The number of fused-ring (bicyclic) bond motifs is 2. The maximum absolute atomic E-state index is 12.9. The molecule has 1 N–H and O–H groups in total. The van der Waals surface area contributed by atoms with Gasteiger partial charge in [0.2, 0.25) is 0 Å².